The molecule has 1 saturated heterocycles. The van der Waals surface area contributed by atoms with Gasteiger partial charge in [0, 0.05) is 24.6 Å². The molecule has 0 radical (unpaired) electrons. The fourth-order valence-corrected chi connectivity index (χ4v) is 4.73. The summed E-state index contributed by atoms with van der Waals surface area (Å²) in [6, 6.07) is 1.82. The normalized spacial score (nSPS) is 16.5. The van der Waals surface area contributed by atoms with Gasteiger partial charge in [-0.1, -0.05) is 0 Å². The minimum absolute atomic E-state index is 0.217. The quantitative estimate of drug-likeness (QED) is 0.679. The number of anilines is 1. The number of rotatable bonds is 4. The molecule has 0 unspecified atom stereocenters. The highest BCUT2D eigenvalue weighted by Crippen LogP contribution is 2.40. The lowest BCUT2D eigenvalue weighted by molar-refractivity contribution is 0.396. The van der Waals surface area contributed by atoms with Crippen LogP contribution in [0.5, 0.6) is 5.88 Å². The number of H-pyrrole nitrogens is 1. The van der Waals surface area contributed by atoms with Crippen molar-refractivity contribution in [3.8, 4) is 5.88 Å². The zero-order chi connectivity index (χ0) is 17.3. The molecule has 1 aliphatic heterocycles. The van der Waals surface area contributed by atoms with Gasteiger partial charge in [-0.05, 0) is 36.6 Å². The van der Waals surface area contributed by atoms with Crippen LogP contribution in [0.15, 0.2) is 17.1 Å². The summed E-state index contributed by atoms with van der Waals surface area (Å²) in [6.07, 6.45) is 3.50. The number of aromatic amines is 1. The summed E-state index contributed by atoms with van der Waals surface area (Å²) in [5, 5.41) is 7.26. The van der Waals surface area contributed by atoms with Crippen molar-refractivity contribution < 1.29 is 14.5 Å². The van der Waals surface area contributed by atoms with Gasteiger partial charge in [0.15, 0.2) is 6.49 Å². The van der Waals surface area contributed by atoms with Gasteiger partial charge in [0.2, 0.25) is 5.88 Å². The van der Waals surface area contributed by atoms with E-state index in [1.165, 1.54) is 7.11 Å². The van der Waals surface area contributed by atoms with Crippen molar-refractivity contribution in [3.05, 3.63) is 22.6 Å². The van der Waals surface area contributed by atoms with Crippen molar-refractivity contribution in [2.24, 2.45) is 5.92 Å². The Morgan fingerprint density at radius 3 is 2.79 bits per heavy atom. The van der Waals surface area contributed by atoms with E-state index in [0.29, 0.717) is 16.9 Å². The third-order valence-electron chi connectivity index (χ3n) is 4.23. The largest absolute Gasteiger partial charge is 0.480 e. The fourth-order valence-electron chi connectivity index (χ4n) is 3.06. The van der Waals surface area contributed by atoms with Crippen LogP contribution in [-0.2, 0) is 11.8 Å². The number of piperidine rings is 1. The van der Waals surface area contributed by atoms with E-state index in [9.17, 15) is 14.6 Å². The number of aromatic nitrogens is 3. The molecule has 2 aromatic heterocycles. The predicted octanol–water partition coefficient (Wildman–Crippen LogP) is 0.837. The molecule has 0 aliphatic carbocycles. The highest BCUT2D eigenvalue weighted by molar-refractivity contribution is 8.09. The fraction of sp³-hybridized carbons (Fsp3) is 0.500. The molecular formula is C14H19N4O4PS. The monoisotopic (exact) mass is 370 g/mol. The summed E-state index contributed by atoms with van der Waals surface area (Å²) in [5.41, 5.74) is -0.334. The van der Waals surface area contributed by atoms with Crippen LogP contribution in [0, 0.1) is 5.92 Å². The highest BCUT2D eigenvalue weighted by atomic mass is 32.5. The number of pyridine rings is 1. The molecule has 3 N–H and O–H groups in total. The Bertz CT molecular complexity index is 844. The van der Waals surface area contributed by atoms with Crippen LogP contribution in [0.1, 0.15) is 12.8 Å². The summed E-state index contributed by atoms with van der Waals surface area (Å²) >= 11 is 4.73. The molecule has 0 atom stereocenters. The van der Waals surface area contributed by atoms with Crippen molar-refractivity contribution >= 4 is 34.9 Å². The average molecular weight is 370 g/mol. The van der Waals surface area contributed by atoms with E-state index in [1.807, 2.05) is 6.07 Å². The summed E-state index contributed by atoms with van der Waals surface area (Å²) in [6.45, 7) is -1.68. The topological polar surface area (TPSA) is 112 Å². The molecule has 24 heavy (non-hydrogen) atoms. The number of fused-ring (bicyclic) bond motifs is 1. The molecule has 10 heteroatoms. The molecule has 0 bridgehead atoms. The van der Waals surface area contributed by atoms with Gasteiger partial charge in [-0.3, -0.25) is 4.79 Å². The smallest absolute Gasteiger partial charge is 0.277 e. The molecule has 3 rings (SSSR count). The third kappa shape index (κ3) is 3.75. The third-order valence-corrected chi connectivity index (χ3v) is 5.67. The Morgan fingerprint density at radius 2 is 2.17 bits per heavy atom. The Labute approximate surface area is 143 Å². The van der Waals surface area contributed by atoms with E-state index in [-0.39, 0.29) is 17.4 Å². The van der Waals surface area contributed by atoms with Crippen molar-refractivity contribution in [2.45, 2.75) is 12.8 Å². The molecule has 8 nitrogen and oxygen atoms in total. The molecule has 0 spiro atoms. The van der Waals surface area contributed by atoms with Crippen molar-refractivity contribution in [1.29, 1.82) is 0 Å². The molecule has 1 aliphatic rings. The lowest BCUT2D eigenvalue weighted by atomic mass is 9.99. The summed E-state index contributed by atoms with van der Waals surface area (Å²) in [7, 11) is 1.48. The van der Waals surface area contributed by atoms with Gasteiger partial charge in [0.25, 0.3) is 5.56 Å². The maximum absolute atomic E-state index is 11.9. The first-order valence-electron chi connectivity index (χ1n) is 7.59. The van der Waals surface area contributed by atoms with Gasteiger partial charge in [0.05, 0.1) is 13.3 Å². The molecule has 1 fully saturated rings. The average Bonchev–Trinajstić information content (AvgIpc) is 2.53. The minimum atomic E-state index is -3.14. The zero-order valence-electron chi connectivity index (χ0n) is 13.2. The molecular weight excluding hydrogens is 351 g/mol. The molecule has 0 aromatic carbocycles. The minimum Gasteiger partial charge on any atom is -0.480 e. The maximum Gasteiger partial charge on any atom is 0.277 e. The lowest BCUT2D eigenvalue weighted by Gasteiger charge is -2.33. The summed E-state index contributed by atoms with van der Waals surface area (Å²) < 4.78 is 5.27. The molecule has 130 valence electrons. The number of ether oxygens (including phenoxy) is 1. The first kappa shape index (κ1) is 17.3. The molecule has 0 saturated carbocycles. The SMILES string of the molecule is COc1nc(N2CCC(CP(O)(O)=S)CC2)cc2cn[nH]c(=O)c12. The van der Waals surface area contributed by atoms with Gasteiger partial charge in [-0.15, -0.1) is 0 Å². The van der Waals surface area contributed by atoms with Crippen LogP contribution in [0.4, 0.5) is 5.82 Å². The van der Waals surface area contributed by atoms with Crippen LogP contribution in [0.2, 0.25) is 0 Å². The summed E-state index contributed by atoms with van der Waals surface area (Å²) in [5.74, 6) is 1.21. The second kappa shape index (κ2) is 6.76. The van der Waals surface area contributed by atoms with Crippen LogP contribution in [0.3, 0.4) is 0 Å². The predicted molar refractivity (Wildman–Crippen MR) is 95.2 cm³/mol. The lowest BCUT2D eigenvalue weighted by Crippen LogP contribution is -2.35. The Hall–Kier alpha value is -1.54. The Balaban J connectivity index is 1.84. The number of hydrogen-bond donors (Lipinski definition) is 3. The Kier molecular flexibility index (Phi) is 4.87. The first-order valence-corrected chi connectivity index (χ1v) is 10.5. The van der Waals surface area contributed by atoms with Crippen molar-refractivity contribution in [1.82, 2.24) is 15.2 Å². The van der Waals surface area contributed by atoms with E-state index >= 15 is 0 Å². The van der Waals surface area contributed by atoms with Crippen LogP contribution in [0.25, 0.3) is 10.8 Å². The zero-order valence-corrected chi connectivity index (χ0v) is 14.9. The maximum atomic E-state index is 11.9. The van der Waals surface area contributed by atoms with E-state index in [1.54, 1.807) is 6.20 Å². The van der Waals surface area contributed by atoms with Crippen LogP contribution < -0.4 is 15.2 Å². The number of methoxy groups -OCH3 is 1. The van der Waals surface area contributed by atoms with Gasteiger partial charge < -0.3 is 19.4 Å². The van der Waals surface area contributed by atoms with Crippen LogP contribution in [-0.4, -0.2) is 51.3 Å². The van der Waals surface area contributed by atoms with E-state index in [0.717, 1.165) is 31.7 Å². The van der Waals surface area contributed by atoms with E-state index in [4.69, 9.17) is 16.5 Å². The highest BCUT2D eigenvalue weighted by Gasteiger charge is 2.25. The van der Waals surface area contributed by atoms with Gasteiger partial charge in [-0.2, -0.15) is 10.1 Å². The first-order chi connectivity index (χ1) is 11.4. The number of hydrogen-bond acceptors (Lipinski definition) is 6. The van der Waals surface area contributed by atoms with Crippen molar-refractivity contribution in [3.63, 3.8) is 0 Å². The van der Waals surface area contributed by atoms with Crippen molar-refractivity contribution in [2.75, 3.05) is 31.3 Å². The molecule has 2 aromatic rings. The number of nitrogens with one attached hydrogen (secondary N) is 1. The van der Waals surface area contributed by atoms with E-state index < -0.39 is 6.49 Å². The molecule has 3 heterocycles. The van der Waals surface area contributed by atoms with Gasteiger partial charge in [-0.25, -0.2) is 5.10 Å². The second-order valence-electron chi connectivity index (χ2n) is 5.93. The summed E-state index contributed by atoms with van der Waals surface area (Å²) in [4.78, 5) is 37.4. The Morgan fingerprint density at radius 1 is 1.46 bits per heavy atom. The molecule has 0 amide bonds. The standard InChI is InChI=1S/C14H19N4O4PS/c1-22-14-12-10(7-15-17-13(12)19)6-11(16-14)18-4-2-9(3-5-18)8-23(20,21)24/h6-7,9H,2-5,8H2,1H3,(H,17,19)(H2,20,21,24). The van der Waals surface area contributed by atoms with Gasteiger partial charge in [0.1, 0.15) is 11.2 Å². The van der Waals surface area contributed by atoms with E-state index in [2.05, 4.69) is 20.1 Å². The van der Waals surface area contributed by atoms with Gasteiger partial charge >= 0.3 is 0 Å². The number of nitrogens with zero attached hydrogens (tertiary/aromatic N) is 3. The van der Waals surface area contributed by atoms with Crippen LogP contribution >= 0.6 is 6.49 Å². The second-order valence-corrected chi connectivity index (χ2v) is 9.38.